The molecule has 1 aliphatic carbocycles. The van der Waals surface area contributed by atoms with Crippen LogP contribution in [0, 0.1) is 0 Å². The number of anilines is 1. The van der Waals surface area contributed by atoms with Crippen LogP contribution in [0.2, 0.25) is 0 Å². The van der Waals surface area contributed by atoms with Gasteiger partial charge in [-0.05, 0) is 86.2 Å². The summed E-state index contributed by atoms with van der Waals surface area (Å²) in [6.07, 6.45) is 12.0. The number of aryl methyl sites for hydroxylation is 1. The van der Waals surface area contributed by atoms with Gasteiger partial charge in [0, 0.05) is 58.6 Å². The fourth-order valence-corrected chi connectivity index (χ4v) is 7.07. The van der Waals surface area contributed by atoms with Crippen molar-refractivity contribution in [3.63, 3.8) is 0 Å². The Morgan fingerprint density at radius 3 is 2.51 bits per heavy atom. The first-order valence-electron chi connectivity index (χ1n) is 15.7. The number of hydrogen-bond acceptors (Lipinski definition) is 6. The number of benzene rings is 2. The maximum absolute atomic E-state index is 13.6. The Morgan fingerprint density at radius 1 is 1.04 bits per heavy atom. The molecule has 3 N–H and O–H groups in total. The summed E-state index contributed by atoms with van der Waals surface area (Å²) in [6.45, 7) is 3.32. The lowest BCUT2D eigenvalue weighted by atomic mass is 9.82. The fourth-order valence-electron chi connectivity index (χ4n) is 6.27. The predicted molar refractivity (Wildman–Crippen MR) is 186 cm³/mol. The number of carbonyl (C=O) groups excluding carboxylic acids is 2. The molecule has 0 radical (unpaired) electrons. The Morgan fingerprint density at radius 2 is 1.81 bits per heavy atom. The minimum absolute atomic E-state index is 0.351. The average molecular weight is 648 g/mol. The standard InChI is InChI=1S/C37H37N5O4S/c1-37(2,36(46)39-27-15-11-23(12-16-27)13-18-31(43)44)41-34(45)25-14-17-28-30(20-25)42(3)33(32(28)24-8-5-4-6-9-24)29-22-47-35(40-29)26-10-7-19-38-21-26/h7,10-22,24H,4-6,8-9H2,1-3H3,(H,39,46)(H,41,45)(H,43,44)/b18-13+. The van der Waals surface area contributed by atoms with E-state index in [-0.39, 0.29) is 11.8 Å². The zero-order valence-electron chi connectivity index (χ0n) is 26.6. The first kappa shape index (κ1) is 31.9. The van der Waals surface area contributed by atoms with E-state index in [2.05, 4.69) is 25.6 Å². The number of aromatic nitrogens is 3. The summed E-state index contributed by atoms with van der Waals surface area (Å²) in [4.78, 5) is 46.9. The normalized spacial score (nSPS) is 14.0. The van der Waals surface area contributed by atoms with E-state index in [0.29, 0.717) is 22.7 Å². The zero-order valence-corrected chi connectivity index (χ0v) is 27.4. The van der Waals surface area contributed by atoms with E-state index in [9.17, 15) is 14.4 Å². The minimum atomic E-state index is -1.22. The third-order valence-corrected chi connectivity index (χ3v) is 9.64. The number of carboxylic acid groups (broad SMARTS) is 1. The van der Waals surface area contributed by atoms with Crippen molar-refractivity contribution >= 4 is 51.8 Å². The summed E-state index contributed by atoms with van der Waals surface area (Å²) in [6, 6.07) is 16.5. The molecule has 240 valence electrons. The van der Waals surface area contributed by atoms with Gasteiger partial charge in [-0.3, -0.25) is 14.6 Å². The van der Waals surface area contributed by atoms with Crippen LogP contribution in [0.15, 0.2) is 78.4 Å². The zero-order chi connectivity index (χ0) is 33.1. The molecule has 0 atom stereocenters. The summed E-state index contributed by atoms with van der Waals surface area (Å²) < 4.78 is 2.16. The number of nitrogens with zero attached hydrogens (tertiary/aromatic N) is 3. The first-order valence-corrected chi connectivity index (χ1v) is 16.6. The number of aliphatic carboxylic acids is 1. The lowest BCUT2D eigenvalue weighted by Gasteiger charge is -2.25. The molecule has 0 aliphatic heterocycles. The molecule has 3 aromatic heterocycles. The predicted octanol–water partition coefficient (Wildman–Crippen LogP) is 7.66. The molecule has 0 saturated heterocycles. The van der Waals surface area contributed by atoms with E-state index in [1.807, 2.05) is 43.6 Å². The largest absolute Gasteiger partial charge is 0.478 e. The third-order valence-electron chi connectivity index (χ3n) is 8.75. The molecular formula is C37H37N5O4S. The minimum Gasteiger partial charge on any atom is -0.478 e. The van der Waals surface area contributed by atoms with Crippen molar-refractivity contribution in [2.75, 3.05) is 5.32 Å². The number of nitrogens with one attached hydrogen (secondary N) is 2. The molecule has 6 rings (SSSR count). The van der Waals surface area contributed by atoms with E-state index in [1.54, 1.807) is 55.6 Å². The molecule has 3 heterocycles. The van der Waals surface area contributed by atoms with Crippen molar-refractivity contribution in [2.24, 2.45) is 7.05 Å². The summed E-state index contributed by atoms with van der Waals surface area (Å²) in [5.41, 5.74) is 5.69. The van der Waals surface area contributed by atoms with Crippen molar-refractivity contribution in [3.8, 4) is 22.0 Å². The van der Waals surface area contributed by atoms with E-state index in [1.165, 1.54) is 30.9 Å². The average Bonchev–Trinajstić information content (AvgIpc) is 3.67. The monoisotopic (exact) mass is 647 g/mol. The Labute approximate surface area is 277 Å². The van der Waals surface area contributed by atoms with Gasteiger partial charge in [-0.1, -0.05) is 37.5 Å². The van der Waals surface area contributed by atoms with Crippen LogP contribution in [-0.4, -0.2) is 43.0 Å². The summed E-state index contributed by atoms with van der Waals surface area (Å²) in [5, 5.41) is 18.7. The van der Waals surface area contributed by atoms with Crippen LogP contribution < -0.4 is 10.6 Å². The molecule has 1 aliphatic rings. The van der Waals surface area contributed by atoms with Gasteiger partial charge in [0.15, 0.2) is 0 Å². The molecule has 1 fully saturated rings. The van der Waals surface area contributed by atoms with E-state index in [4.69, 9.17) is 10.1 Å². The Bertz CT molecular complexity index is 1970. The van der Waals surface area contributed by atoms with Gasteiger partial charge in [0.2, 0.25) is 5.91 Å². The lowest BCUT2D eigenvalue weighted by molar-refractivity contribution is -0.131. The van der Waals surface area contributed by atoms with Gasteiger partial charge >= 0.3 is 5.97 Å². The first-order chi connectivity index (χ1) is 22.6. The number of carboxylic acids is 1. The number of carbonyl (C=O) groups is 3. The quantitative estimate of drug-likeness (QED) is 0.141. The summed E-state index contributed by atoms with van der Waals surface area (Å²) >= 11 is 1.60. The maximum Gasteiger partial charge on any atom is 0.328 e. The van der Waals surface area contributed by atoms with Crippen molar-refractivity contribution in [1.29, 1.82) is 0 Å². The molecule has 2 aromatic carbocycles. The molecule has 9 nitrogen and oxygen atoms in total. The number of thiazole rings is 1. The molecule has 5 aromatic rings. The van der Waals surface area contributed by atoms with Crippen molar-refractivity contribution < 1.29 is 19.5 Å². The lowest BCUT2D eigenvalue weighted by Crippen LogP contribution is -2.52. The Hall–Kier alpha value is -5.09. The highest BCUT2D eigenvalue weighted by Gasteiger charge is 2.31. The molecule has 0 unspecified atom stereocenters. The highest BCUT2D eigenvalue weighted by molar-refractivity contribution is 7.13. The smallest absolute Gasteiger partial charge is 0.328 e. The van der Waals surface area contributed by atoms with E-state index < -0.39 is 11.5 Å². The molecule has 47 heavy (non-hydrogen) atoms. The fraction of sp³-hybridized carbons (Fsp3) is 0.270. The van der Waals surface area contributed by atoms with Gasteiger partial charge in [0.05, 0.1) is 11.4 Å². The van der Waals surface area contributed by atoms with Gasteiger partial charge in [-0.15, -0.1) is 11.3 Å². The second-order valence-corrected chi connectivity index (χ2v) is 13.4. The van der Waals surface area contributed by atoms with E-state index in [0.717, 1.165) is 51.8 Å². The molecule has 10 heteroatoms. The Balaban J connectivity index is 1.27. The van der Waals surface area contributed by atoms with Crippen LogP contribution in [0.25, 0.3) is 38.9 Å². The summed E-state index contributed by atoms with van der Waals surface area (Å²) in [7, 11) is 2.04. The highest BCUT2D eigenvalue weighted by Crippen LogP contribution is 2.44. The number of pyridine rings is 1. The number of amides is 2. The van der Waals surface area contributed by atoms with Crippen LogP contribution in [0.3, 0.4) is 0 Å². The molecule has 0 bridgehead atoms. The van der Waals surface area contributed by atoms with Crippen molar-refractivity contribution in [3.05, 3.63) is 95.1 Å². The molecule has 2 amide bonds. The van der Waals surface area contributed by atoms with Crippen LogP contribution in [-0.2, 0) is 16.6 Å². The second kappa shape index (κ2) is 13.3. The van der Waals surface area contributed by atoms with Gasteiger partial charge < -0.3 is 20.3 Å². The van der Waals surface area contributed by atoms with Crippen molar-refractivity contribution in [2.45, 2.75) is 57.4 Å². The van der Waals surface area contributed by atoms with E-state index >= 15 is 0 Å². The van der Waals surface area contributed by atoms with Gasteiger partial charge in [-0.2, -0.15) is 0 Å². The maximum atomic E-state index is 13.6. The van der Waals surface area contributed by atoms with Crippen LogP contribution in [0.5, 0.6) is 0 Å². The molecule has 1 saturated carbocycles. The topological polar surface area (TPSA) is 126 Å². The summed E-state index contributed by atoms with van der Waals surface area (Å²) in [5.74, 6) is -1.35. The van der Waals surface area contributed by atoms with Gasteiger partial charge in [0.25, 0.3) is 5.91 Å². The number of rotatable bonds is 9. The van der Waals surface area contributed by atoms with Crippen LogP contribution in [0.4, 0.5) is 5.69 Å². The van der Waals surface area contributed by atoms with Crippen LogP contribution >= 0.6 is 11.3 Å². The second-order valence-electron chi connectivity index (χ2n) is 12.5. The van der Waals surface area contributed by atoms with Crippen LogP contribution in [0.1, 0.15) is 73.4 Å². The third kappa shape index (κ3) is 6.88. The number of hydrogen-bond donors (Lipinski definition) is 3. The molecular weight excluding hydrogens is 611 g/mol. The SMILES string of the molecule is Cn1c(-c2csc(-c3cccnc3)n2)c(C2CCCCC2)c2ccc(C(=O)NC(C)(C)C(=O)Nc3ccc(/C=C/C(=O)O)cc3)cc21. The van der Waals surface area contributed by atoms with Gasteiger partial charge in [-0.25, -0.2) is 9.78 Å². The van der Waals surface area contributed by atoms with Crippen molar-refractivity contribution in [1.82, 2.24) is 19.9 Å². The highest BCUT2D eigenvalue weighted by atomic mass is 32.1. The Kier molecular flexibility index (Phi) is 9.04. The van der Waals surface area contributed by atoms with Gasteiger partial charge in [0.1, 0.15) is 10.5 Å². The molecule has 0 spiro atoms. The number of fused-ring (bicyclic) bond motifs is 1.